The molecule has 4 rings (SSSR count). The van der Waals surface area contributed by atoms with Crippen molar-refractivity contribution in [1.29, 1.82) is 0 Å². The molecule has 2 aliphatic heterocycles. The molecule has 2 aromatic carbocycles. The molecular formula is C21H24O2S2. The third-order valence-electron chi connectivity index (χ3n) is 4.65. The first-order valence-corrected chi connectivity index (χ1v) is 11.1. The number of hydrogen-bond donors (Lipinski definition) is 0. The summed E-state index contributed by atoms with van der Waals surface area (Å²) < 4.78 is 11.7. The predicted molar refractivity (Wildman–Crippen MR) is 109 cm³/mol. The van der Waals surface area contributed by atoms with E-state index >= 15 is 0 Å². The number of benzene rings is 2. The average molecular weight is 373 g/mol. The molecule has 0 aliphatic carbocycles. The number of hydrogen-bond acceptors (Lipinski definition) is 4. The molecule has 2 aromatic rings. The standard InChI is InChI=1S/C21H24O2S2/c1-2-21(15-3-7-17(8-4-15)22-11-19-13-24-19)16-5-9-18(10-6-16)23-12-20-14-25-20/h3-10,19-21H,2,11-14H2,1H3. The quantitative estimate of drug-likeness (QED) is 0.562. The summed E-state index contributed by atoms with van der Waals surface area (Å²) in [5.41, 5.74) is 2.69. The van der Waals surface area contributed by atoms with Gasteiger partial charge in [-0.2, -0.15) is 23.5 Å². The normalized spacial score (nSPS) is 22.3. The summed E-state index contributed by atoms with van der Waals surface area (Å²) in [6.45, 7) is 3.91. The maximum absolute atomic E-state index is 5.83. The Balaban J connectivity index is 1.39. The van der Waals surface area contributed by atoms with Gasteiger partial charge in [0.25, 0.3) is 0 Å². The SMILES string of the molecule is CCC(c1ccc(OCC2CS2)cc1)c1ccc(OCC2CS2)cc1. The highest BCUT2D eigenvalue weighted by atomic mass is 32.2. The lowest BCUT2D eigenvalue weighted by Crippen LogP contribution is -2.04. The molecule has 0 bridgehead atoms. The van der Waals surface area contributed by atoms with Crippen LogP contribution in [0.4, 0.5) is 0 Å². The van der Waals surface area contributed by atoms with E-state index in [1.165, 1.54) is 22.6 Å². The van der Waals surface area contributed by atoms with E-state index < -0.39 is 0 Å². The van der Waals surface area contributed by atoms with E-state index in [1.807, 2.05) is 23.5 Å². The summed E-state index contributed by atoms with van der Waals surface area (Å²) in [5.74, 6) is 4.87. The second kappa shape index (κ2) is 7.96. The van der Waals surface area contributed by atoms with Crippen LogP contribution in [0.2, 0.25) is 0 Å². The van der Waals surface area contributed by atoms with E-state index in [0.29, 0.717) is 16.4 Å². The van der Waals surface area contributed by atoms with E-state index in [1.54, 1.807) is 0 Å². The molecule has 0 aromatic heterocycles. The summed E-state index contributed by atoms with van der Waals surface area (Å²) in [4.78, 5) is 0. The van der Waals surface area contributed by atoms with Gasteiger partial charge in [0.2, 0.25) is 0 Å². The van der Waals surface area contributed by atoms with E-state index in [-0.39, 0.29) is 0 Å². The zero-order chi connectivity index (χ0) is 17.1. The van der Waals surface area contributed by atoms with Crippen LogP contribution in [0.5, 0.6) is 11.5 Å². The minimum atomic E-state index is 0.418. The van der Waals surface area contributed by atoms with Gasteiger partial charge in [0.1, 0.15) is 24.7 Å². The van der Waals surface area contributed by atoms with Crippen molar-refractivity contribution >= 4 is 23.5 Å². The summed E-state index contributed by atoms with van der Waals surface area (Å²) in [6, 6.07) is 17.3. The van der Waals surface area contributed by atoms with Crippen molar-refractivity contribution < 1.29 is 9.47 Å². The highest BCUT2D eigenvalue weighted by Crippen LogP contribution is 2.33. The van der Waals surface area contributed by atoms with Crippen LogP contribution in [0.1, 0.15) is 30.4 Å². The van der Waals surface area contributed by atoms with Crippen LogP contribution in [0.15, 0.2) is 48.5 Å². The topological polar surface area (TPSA) is 18.5 Å². The van der Waals surface area contributed by atoms with E-state index in [9.17, 15) is 0 Å². The molecule has 0 radical (unpaired) electrons. The van der Waals surface area contributed by atoms with Gasteiger partial charge in [-0.1, -0.05) is 31.2 Å². The molecule has 132 valence electrons. The first-order chi connectivity index (χ1) is 12.3. The molecule has 2 atom stereocenters. The van der Waals surface area contributed by atoms with E-state index in [4.69, 9.17) is 9.47 Å². The Kier molecular flexibility index (Phi) is 5.47. The Bertz CT molecular complexity index is 617. The molecule has 0 amide bonds. The molecule has 2 aliphatic rings. The van der Waals surface area contributed by atoms with Gasteiger partial charge < -0.3 is 9.47 Å². The Morgan fingerprint density at radius 1 is 0.800 bits per heavy atom. The molecule has 4 heteroatoms. The van der Waals surface area contributed by atoms with Crippen molar-refractivity contribution in [3.8, 4) is 11.5 Å². The highest BCUT2D eigenvalue weighted by Gasteiger charge is 2.23. The van der Waals surface area contributed by atoms with Crippen LogP contribution in [-0.2, 0) is 0 Å². The summed E-state index contributed by atoms with van der Waals surface area (Å²) in [6.07, 6.45) is 1.08. The Labute approximate surface area is 158 Å². The van der Waals surface area contributed by atoms with Crippen LogP contribution in [0.25, 0.3) is 0 Å². The van der Waals surface area contributed by atoms with Gasteiger partial charge in [-0.05, 0) is 41.8 Å². The minimum absolute atomic E-state index is 0.418. The van der Waals surface area contributed by atoms with Crippen LogP contribution < -0.4 is 9.47 Å². The zero-order valence-electron chi connectivity index (χ0n) is 14.5. The molecule has 2 unspecified atom stereocenters. The molecule has 2 heterocycles. The largest absolute Gasteiger partial charge is 0.492 e. The third-order valence-corrected chi connectivity index (χ3v) is 6.53. The lowest BCUT2D eigenvalue weighted by Gasteiger charge is -2.17. The van der Waals surface area contributed by atoms with Crippen molar-refractivity contribution in [2.45, 2.75) is 29.8 Å². The fourth-order valence-corrected chi connectivity index (χ4v) is 3.76. The van der Waals surface area contributed by atoms with Crippen molar-refractivity contribution in [3.05, 3.63) is 59.7 Å². The second-order valence-electron chi connectivity index (χ2n) is 6.63. The number of rotatable bonds is 9. The lowest BCUT2D eigenvalue weighted by atomic mass is 9.89. The van der Waals surface area contributed by atoms with Crippen LogP contribution in [-0.4, -0.2) is 35.2 Å². The van der Waals surface area contributed by atoms with Crippen molar-refractivity contribution in [3.63, 3.8) is 0 Å². The second-order valence-corrected chi connectivity index (χ2v) is 9.30. The molecule has 0 spiro atoms. The van der Waals surface area contributed by atoms with Gasteiger partial charge in [-0.15, -0.1) is 0 Å². The first kappa shape index (κ1) is 17.2. The molecule has 2 saturated heterocycles. The molecular weight excluding hydrogens is 348 g/mol. The first-order valence-electron chi connectivity index (χ1n) is 9.00. The predicted octanol–water partition coefficient (Wildman–Crippen LogP) is 5.22. The smallest absolute Gasteiger partial charge is 0.119 e. The summed E-state index contributed by atoms with van der Waals surface area (Å²) in [5, 5.41) is 1.42. The molecule has 2 nitrogen and oxygen atoms in total. The number of ether oxygens (including phenoxy) is 2. The summed E-state index contributed by atoms with van der Waals surface area (Å²) >= 11 is 3.94. The summed E-state index contributed by atoms with van der Waals surface area (Å²) in [7, 11) is 0. The molecule has 0 saturated carbocycles. The molecule has 2 fully saturated rings. The van der Waals surface area contributed by atoms with E-state index in [2.05, 4.69) is 55.5 Å². The maximum Gasteiger partial charge on any atom is 0.119 e. The van der Waals surface area contributed by atoms with Crippen molar-refractivity contribution in [2.24, 2.45) is 0 Å². The van der Waals surface area contributed by atoms with Crippen molar-refractivity contribution in [2.75, 3.05) is 24.7 Å². The van der Waals surface area contributed by atoms with Gasteiger partial charge in [0, 0.05) is 27.9 Å². The zero-order valence-corrected chi connectivity index (χ0v) is 16.2. The average Bonchev–Trinajstić information content (AvgIpc) is 3.56. The third kappa shape index (κ3) is 4.89. The van der Waals surface area contributed by atoms with Gasteiger partial charge in [-0.25, -0.2) is 0 Å². The van der Waals surface area contributed by atoms with Gasteiger partial charge in [-0.3, -0.25) is 0 Å². The van der Waals surface area contributed by atoms with Gasteiger partial charge in [0.05, 0.1) is 0 Å². The van der Waals surface area contributed by atoms with Gasteiger partial charge in [0.15, 0.2) is 0 Å². The van der Waals surface area contributed by atoms with Crippen LogP contribution in [0.3, 0.4) is 0 Å². The number of thioether (sulfide) groups is 2. The lowest BCUT2D eigenvalue weighted by molar-refractivity contribution is 0.330. The highest BCUT2D eigenvalue weighted by molar-refractivity contribution is 8.07. The Morgan fingerprint density at radius 3 is 1.52 bits per heavy atom. The van der Waals surface area contributed by atoms with Crippen LogP contribution in [0, 0.1) is 0 Å². The van der Waals surface area contributed by atoms with Crippen LogP contribution >= 0.6 is 23.5 Å². The maximum atomic E-state index is 5.83. The molecule has 0 N–H and O–H groups in total. The van der Waals surface area contributed by atoms with E-state index in [0.717, 1.165) is 31.1 Å². The Hall–Kier alpha value is -1.26. The fourth-order valence-electron chi connectivity index (χ4n) is 2.96. The van der Waals surface area contributed by atoms with Gasteiger partial charge >= 0.3 is 0 Å². The molecule has 25 heavy (non-hydrogen) atoms. The monoisotopic (exact) mass is 372 g/mol. The minimum Gasteiger partial charge on any atom is -0.492 e. The fraction of sp³-hybridized carbons (Fsp3) is 0.429. The van der Waals surface area contributed by atoms with Crippen molar-refractivity contribution in [1.82, 2.24) is 0 Å². The Morgan fingerprint density at radius 2 is 1.20 bits per heavy atom.